The van der Waals surface area contributed by atoms with E-state index in [1.165, 1.54) is 16.7 Å². The summed E-state index contributed by atoms with van der Waals surface area (Å²) in [6.07, 6.45) is 0. The molecule has 0 bridgehead atoms. The highest BCUT2D eigenvalue weighted by Crippen LogP contribution is 2.40. The Morgan fingerprint density at radius 2 is 1.17 bits per heavy atom. The second-order valence-electron chi connectivity index (χ2n) is 4.62. The zero-order valence-corrected chi connectivity index (χ0v) is 12.9. The predicted molar refractivity (Wildman–Crippen MR) is 82.6 cm³/mol. The van der Waals surface area contributed by atoms with E-state index in [1.54, 1.807) is 0 Å². The number of benzene rings is 2. The second kappa shape index (κ2) is 5.90. The molecular weight excluding hydrogens is 308 g/mol. The lowest BCUT2D eigenvalue weighted by atomic mass is 10.0. The van der Waals surface area contributed by atoms with Crippen molar-refractivity contribution in [1.29, 1.82) is 0 Å². The lowest BCUT2D eigenvalue weighted by Gasteiger charge is -2.17. The van der Waals surface area contributed by atoms with Gasteiger partial charge in [0.05, 0.1) is 10.2 Å². The second-order valence-corrected chi connectivity index (χ2v) is 6.08. The fourth-order valence-corrected chi connectivity index (χ4v) is 2.74. The fraction of sp³-hybridized carbons (Fsp3) is 0.250. The number of rotatable bonds is 3. The van der Waals surface area contributed by atoms with Gasteiger partial charge < -0.3 is 0 Å². The van der Waals surface area contributed by atoms with E-state index in [2.05, 4.69) is 78.3 Å². The average Bonchev–Trinajstić information content (AvgIpc) is 2.39. The molecule has 0 saturated carbocycles. The maximum absolute atomic E-state index is 6.54. The van der Waals surface area contributed by atoms with Crippen molar-refractivity contribution in [3.8, 4) is 0 Å². The lowest BCUT2D eigenvalue weighted by Crippen LogP contribution is -1.99. The highest BCUT2D eigenvalue weighted by atomic mass is 79.9. The van der Waals surface area contributed by atoms with Crippen LogP contribution in [0.5, 0.6) is 0 Å². The van der Waals surface area contributed by atoms with Gasteiger partial charge in [-0.1, -0.05) is 75.6 Å². The van der Waals surface area contributed by atoms with Gasteiger partial charge in [0.25, 0.3) is 0 Å². The smallest absolute Gasteiger partial charge is 0.0751 e. The van der Waals surface area contributed by atoms with E-state index in [-0.39, 0.29) is 10.2 Å². The lowest BCUT2D eigenvalue weighted by molar-refractivity contribution is 0.908. The van der Waals surface area contributed by atoms with Gasteiger partial charge in [0, 0.05) is 0 Å². The molecule has 0 unspecified atom stereocenters. The van der Waals surface area contributed by atoms with Crippen LogP contribution in [-0.4, -0.2) is 0 Å². The van der Waals surface area contributed by atoms with Crippen molar-refractivity contribution in [1.82, 2.24) is 0 Å². The van der Waals surface area contributed by atoms with Crippen LogP contribution in [0.2, 0.25) is 0 Å². The van der Waals surface area contributed by atoms with Crippen LogP contribution < -0.4 is 0 Å². The minimum atomic E-state index is -0.0618. The van der Waals surface area contributed by atoms with Crippen molar-refractivity contribution in [3.63, 3.8) is 0 Å². The summed E-state index contributed by atoms with van der Waals surface area (Å²) in [5.74, 6) is 0. The molecule has 0 spiro atoms. The van der Waals surface area contributed by atoms with Gasteiger partial charge in [-0.15, -0.1) is 11.6 Å². The summed E-state index contributed by atoms with van der Waals surface area (Å²) >= 11 is 10.2. The zero-order valence-electron chi connectivity index (χ0n) is 10.5. The third-order valence-electron chi connectivity index (χ3n) is 3.05. The van der Waals surface area contributed by atoms with Gasteiger partial charge in [-0.2, -0.15) is 0 Å². The third kappa shape index (κ3) is 3.15. The molecule has 2 atom stereocenters. The molecule has 2 aromatic carbocycles. The summed E-state index contributed by atoms with van der Waals surface area (Å²) in [4.78, 5) is 0.127. The zero-order chi connectivity index (χ0) is 13.1. The van der Waals surface area contributed by atoms with Crippen LogP contribution in [0, 0.1) is 13.8 Å². The summed E-state index contributed by atoms with van der Waals surface area (Å²) in [6.45, 7) is 4.17. The van der Waals surface area contributed by atoms with Gasteiger partial charge in [-0.05, 0) is 25.0 Å². The van der Waals surface area contributed by atoms with Crippen molar-refractivity contribution in [3.05, 3.63) is 70.8 Å². The molecule has 0 fully saturated rings. The standard InChI is InChI=1S/C16H16BrCl/c1-11-3-7-13(8-4-11)15(17)16(18)14-9-5-12(2)6-10-14/h3-10,15-16H,1-2H3/t15-,16-/m1/s1. The number of hydrogen-bond acceptors (Lipinski definition) is 0. The van der Waals surface area contributed by atoms with Crippen molar-refractivity contribution in [2.24, 2.45) is 0 Å². The van der Waals surface area contributed by atoms with Crippen LogP contribution in [0.1, 0.15) is 32.5 Å². The molecule has 0 radical (unpaired) electrons. The van der Waals surface area contributed by atoms with Gasteiger partial charge in [0.2, 0.25) is 0 Å². The first kappa shape index (κ1) is 13.6. The monoisotopic (exact) mass is 322 g/mol. The summed E-state index contributed by atoms with van der Waals surface area (Å²) in [7, 11) is 0. The van der Waals surface area contributed by atoms with Crippen molar-refractivity contribution >= 4 is 27.5 Å². The maximum atomic E-state index is 6.54. The highest BCUT2D eigenvalue weighted by Gasteiger charge is 2.19. The number of halogens is 2. The molecule has 0 N–H and O–H groups in total. The van der Waals surface area contributed by atoms with Crippen LogP contribution in [0.4, 0.5) is 0 Å². The van der Waals surface area contributed by atoms with Crippen molar-refractivity contribution in [2.75, 3.05) is 0 Å². The fourth-order valence-electron chi connectivity index (χ4n) is 1.84. The maximum Gasteiger partial charge on any atom is 0.0751 e. The molecule has 0 aliphatic heterocycles. The molecule has 0 saturated heterocycles. The number of alkyl halides is 2. The van der Waals surface area contributed by atoms with Crippen LogP contribution in [0.15, 0.2) is 48.5 Å². The van der Waals surface area contributed by atoms with Crippen LogP contribution >= 0.6 is 27.5 Å². The Kier molecular flexibility index (Phi) is 4.47. The molecule has 0 aliphatic rings. The number of hydrogen-bond donors (Lipinski definition) is 0. The normalized spacial score (nSPS) is 14.2. The Morgan fingerprint density at radius 1 is 0.778 bits per heavy atom. The SMILES string of the molecule is Cc1ccc([C@@H](Cl)[C@H](Br)c2ccc(C)cc2)cc1. The summed E-state index contributed by atoms with van der Waals surface area (Å²) in [5, 5.41) is -0.0618. The van der Waals surface area contributed by atoms with Gasteiger partial charge in [-0.3, -0.25) is 0 Å². The largest absolute Gasteiger partial charge is 0.116 e. The molecule has 0 nitrogen and oxygen atoms in total. The summed E-state index contributed by atoms with van der Waals surface area (Å²) in [6, 6.07) is 16.9. The Bertz CT molecular complexity index is 452. The Balaban J connectivity index is 2.20. The van der Waals surface area contributed by atoms with E-state index < -0.39 is 0 Å². The molecule has 0 aliphatic carbocycles. The van der Waals surface area contributed by atoms with E-state index in [4.69, 9.17) is 11.6 Å². The summed E-state index contributed by atoms with van der Waals surface area (Å²) in [5.41, 5.74) is 4.87. The first-order valence-corrected chi connectivity index (χ1v) is 7.34. The van der Waals surface area contributed by atoms with Crippen molar-refractivity contribution < 1.29 is 0 Å². The first-order valence-electron chi connectivity index (χ1n) is 5.99. The first-order chi connectivity index (χ1) is 8.58. The quantitative estimate of drug-likeness (QED) is 0.634. The molecule has 2 aromatic rings. The Hall–Kier alpha value is -0.790. The minimum Gasteiger partial charge on any atom is -0.116 e. The molecule has 2 rings (SSSR count). The van der Waals surface area contributed by atoms with Gasteiger partial charge in [0.15, 0.2) is 0 Å². The average molecular weight is 324 g/mol. The van der Waals surface area contributed by atoms with Crippen LogP contribution in [-0.2, 0) is 0 Å². The van der Waals surface area contributed by atoms with E-state index in [0.717, 1.165) is 5.56 Å². The molecule has 0 heterocycles. The Labute approximate surface area is 122 Å². The molecular formula is C16H16BrCl. The van der Waals surface area contributed by atoms with Crippen molar-refractivity contribution in [2.45, 2.75) is 24.1 Å². The minimum absolute atomic E-state index is 0.0618. The highest BCUT2D eigenvalue weighted by molar-refractivity contribution is 9.09. The summed E-state index contributed by atoms with van der Waals surface area (Å²) < 4.78 is 0. The molecule has 0 amide bonds. The van der Waals surface area contributed by atoms with E-state index in [0.29, 0.717) is 0 Å². The molecule has 0 aromatic heterocycles. The Morgan fingerprint density at radius 3 is 1.61 bits per heavy atom. The molecule has 18 heavy (non-hydrogen) atoms. The molecule has 2 heteroatoms. The number of aryl methyl sites for hydroxylation is 2. The topological polar surface area (TPSA) is 0 Å². The van der Waals surface area contributed by atoms with E-state index >= 15 is 0 Å². The van der Waals surface area contributed by atoms with E-state index in [1.807, 2.05) is 0 Å². The third-order valence-corrected chi connectivity index (χ3v) is 4.91. The predicted octanol–water partition coefficient (Wildman–Crippen LogP) is 5.72. The molecule has 94 valence electrons. The van der Waals surface area contributed by atoms with Gasteiger partial charge in [0.1, 0.15) is 0 Å². The van der Waals surface area contributed by atoms with Gasteiger partial charge >= 0.3 is 0 Å². The van der Waals surface area contributed by atoms with Crippen LogP contribution in [0.25, 0.3) is 0 Å². The van der Waals surface area contributed by atoms with Crippen LogP contribution in [0.3, 0.4) is 0 Å². The van der Waals surface area contributed by atoms with E-state index in [9.17, 15) is 0 Å². The van der Waals surface area contributed by atoms with Gasteiger partial charge in [-0.25, -0.2) is 0 Å².